The van der Waals surface area contributed by atoms with Crippen molar-refractivity contribution in [2.45, 2.75) is 44.8 Å². The van der Waals surface area contributed by atoms with Crippen molar-refractivity contribution in [1.82, 2.24) is 5.32 Å². The van der Waals surface area contributed by atoms with Gasteiger partial charge in [0.15, 0.2) is 0 Å². The van der Waals surface area contributed by atoms with Crippen molar-refractivity contribution in [1.29, 1.82) is 0 Å². The number of benzene rings is 1. The van der Waals surface area contributed by atoms with Crippen molar-refractivity contribution in [2.24, 2.45) is 0 Å². The van der Waals surface area contributed by atoms with Gasteiger partial charge in [0.25, 0.3) is 0 Å². The zero-order valence-corrected chi connectivity index (χ0v) is 10.7. The molecule has 17 heavy (non-hydrogen) atoms. The number of piperidine rings is 1. The molecule has 2 rings (SSSR count). The maximum Gasteiger partial charge on any atom is 0.0603 e. The number of ether oxygens (including phenoxy) is 1. The van der Waals surface area contributed by atoms with E-state index in [2.05, 4.69) is 42.6 Å². The Morgan fingerprint density at radius 1 is 1.24 bits per heavy atom. The Hall–Kier alpha value is -0.860. The lowest BCUT2D eigenvalue weighted by Gasteiger charge is -2.26. The predicted octanol–water partition coefficient (Wildman–Crippen LogP) is 2.78. The minimum Gasteiger partial charge on any atom is -0.375 e. The van der Waals surface area contributed by atoms with Crippen LogP contribution in [-0.4, -0.2) is 25.3 Å². The Balaban J connectivity index is 1.68. The molecule has 1 N–H and O–H groups in total. The maximum atomic E-state index is 6.07. The molecule has 2 nitrogen and oxygen atoms in total. The van der Waals surface area contributed by atoms with Crippen LogP contribution in [0.15, 0.2) is 30.3 Å². The van der Waals surface area contributed by atoms with Gasteiger partial charge in [-0.25, -0.2) is 0 Å². The van der Waals surface area contributed by atoms with Crippen molar-refractivity contribution >= 4 is 0 Å². The van der Waals surface area contributed by atoms with E-state index in [1.54, 1.807) is 0 Å². The minimum atomic E-state index is 0.373. The molecule has 1 atom stereocenters. The van der Waals surface area contributed by atoms with Crippen LogP contribution in [0.3, 0.4) is 0 Å². The van der Waals surface area contributed by atoms with E-state index >= 15 is 0 Å². The molecule has 0 bridgehead atoms. The smallest absolute Gasteiger partial charge is 0.0603 e. The van der Waals surface area contributed by atoms with Crippen LogP contribution in [0.25, 0.3) is 0 Å². The molecule has 0 aromatic heterocycles. The van der Waals surface area contributed by atoms with Gasteiger partial charge in [-0.1, -0.05) is 30.3 Å². The van der Waals surface area contributed by atoms with Crippen molar-refractivity contribution in [2.75, 3.05) is 13.1 Å². The summed E-state index contributed by atoms with van der Waals surface area (Å²) in [6.07, 6.45) is 5.41. The van der Waals surface area contributed by atoms with E-state index in [0.717, 1.165) is 38.8 Å². The molecule has 0 spiro atoms. The largest absolute Gasteiger partial charge is 0.375 e. The van der Waals surface area contributed by atoms with E-state index in [1.165, 1.54) is 5.56 Å². The van der Waals surface area contributed by atoms with Crippen LogP contribution in [0, 0.1) is 0 Å². The van der Waals surface area contributed by atoms with Crippen molar-refractivity contribution in [3.05, 3.63) is 35.9 Å². The van der Waals surface area contributed by atoms with E-state index in [9.17, 15) is 0 Å². The second kappa shape index (κ2) is 6.77. The molecule has 1 saturated heterocycles. The lowest BCUT2D eigenvalue weighted by molar-refractivity contribution is -0.0204. The first-order chi connectivity index (χ1) is 8.34. The first-order valence-electron chi connectivity index (χ1n) is 6.74. The van der Waals surface area contributed by atoms with E-state index in [1.807, 2.05) is 0 Å². The maximum absolute atomic E-state index is 6.07. The second-order valence-electron chi connectivity index (χ2n) is 4.92. The van der Waals surface area contributed by atoms with Crippen LogP contribution in [0.4, 0.5) is 0 Å². The number of aryl methyl sites for hydroxylation is 1. The van der Waals surface area contributed by atoms with Gasteiger partial charge >= 0.3 is 0 Å². The highest BCUT2D eigenvalue weighted by atomic mass is 16.5. The first-order valence-corrected chi connectivity index (χ1v) is 6.74. The third kappa shape index (κ3) is 4.49. The molecule has 2 heteroatoms. The van der Waals surface area contributed by atoms with Gasteiger partial charge in [0, 0.05) is 0 Å². The first kappa shape index (κ1) is 12.6. The monoisotopic (exact) mass is 233 g/mol. The van der Waals surface area contributed by atoms with Crippen LogP contribution in [0.1, 0.15) is 31.7 Å². The van der Waals surface area contributed by atoms with E-state index < -0.39 is 0 Å². The Bertz CT molecular complexity index is 306. The molecule has 0 radical (unpaired) electrons. The van der Waals surface area contributed by atoms with Gasteiger partial charge in [-0.3, -0.25) is 0 Å². The summed E-state index contributed by atoms with van der Waals surface area (Å²) in [5.74, 6) is 0. The minimum absolute atomic E-state index is 0.373. The fraction of sp³-hybridized carbons (Fsp3) is 0.600. The molecular weight excluding hydrogens is 210 g/mol. The highest BCUT2D eigenvalue weighted by molar-refractivity contribution is 5.14. The van der Waals surface area contributed by atoms with Crippen LogP contribution in [-0.2, 0) is 11.2 Å². The van der Waals surface area contributed by atoms with Crippen LogP contribution >= 0.6 is 0 Å². The molecule has 94 valence electrons. The average Bonchev–Trinajstić information content (AvgIpc) is 2.39. The van der Waals surface area contributed by atoms with Gasteiger partial charge < -0.3 is 10.1 Å². The number of hydrogen-bond donors (Lipinski definition) is 1. The van der Waals surface area contributed by atoms with Gasteiger partial charge in [0.05, 0.1) is 12.2 Å². The number of rotatable bonds is 5. The summed E-state index contributed by atoms with van der Waals surface area (Å²) in [6.45, 7) is 4.41. The molecule has 1 unspecified atom stereocenters. The number of hydrogen-bond acceptors (Lipinski definition) is 2. The number of nitrogens with one attached hydrogen (secondary N) is 1. The van der Waals surface area contributed by atoms with Crippen LogP contribution < -0.4 is 5.32 Å². The molecule has 1 aromatic rings. The topological polar surface area (TPSA) is 21.3 Å². The van der Waals surface area contributed by atoms with E-state index in [-0.39, 0.29) is 0 Å². The van der Waals surface area contributed by atoms with Gasteiger partial charge in [0.1, 0.15) is 0 Å². The highest BCUT2D eigenvalue weighted by Gasteiger charge is 2.16. The highest BCUT2D eigenvalue weighted by Crippen LogP contribution is 2.13. The molecule has 1 aliphatic heterocycles. The Morgan fingerprint density at radius 2 is 1.94 bits per heavy atom. The molecule has 1 heterocycles. The van der Waals surface area contributed by atoms with Crippen molar-refractivity contribution < 1.29 is 4.74 Å². The molecule has 0 aliphatic carbocycles. The van der Waals surface area contributed by atoms with Gasteiger partial charge in [0.2, 0.25) is 0 Å². The van der Waals surface area contributed by atoms with Crippen molar-refractivity contribution in [3.63, 3.8) is 0 Å². The Kier molecular flexibility index (Phi) is 5.02. The summed E-state index contributed by atoms with van der Waals surface area (Å²) < 4.78 is 6.07. The molecular formula is C15H23NO. The average molecular weight is 233 g/mol. The molecule has 0 saturated carbocycles. The second-order valence-corrected chi connectivity index (χ2v) is 4.92. The zero-order chi connectivity index (χ0) is 11.9. The SMILES string of the molecule is CC(CCc1ccccc1)OC1CCNCC1. The molecule has 1 fully saturated rings. The quantitative estimate of drug-likeness (QED) is 0.844. The summed E-state index contributed by atoms with van der Waals surface area (Å²) in [4.78, 5) is 0. The Labute approximate surface area is 104 Å². The van der Waals surface area contributed by atoms with Gasteiger partial charge in [-0.05, 0) is 51.3 Å². The fourth-order valence-electron chi connectivity index (χ4n) is 2.34. The van der Waals surface area contributed by atoms with E-state index in [0.29, 0.717) is 12.2 Å². The standard InChI is InChI=1S/C15H23NO/c1-13(17-15-9-11-16-12-10-15)7-8-14-5-3-2-4-6-14/h2-6,13,15-16H,7-12H2,1H3. The lowest BCUT2D eigenvalue weighted by Crippen LogP contribution is -2.34. The van der Waals surface area contributed by atoms with Crippen LogP contribution in [0.5, 0.6) is 0 Å². The summed E-state index contributed by atoms with van der Waals surface area (Å²) in [5, 5.41) is 3.37. The molecule has 1 aromatic carbocycles. The van der Waals surface area contributed by atoms with Gasteiger partial charge in [-0.2, -0.15) is 0 Å². The third-order valence-electron chi connectivity index (χ3n) is 3.39. The Morgan fingerprint density at radius 3 is 2.65 bits per heavy atom. The predicted molar refractivity (Wildman–Crippen MR) is 71.2 cm³/mol. The summed E-state index contributed by atoms with van der Waals surface area (Å²) in [7, 11) is 0. The lowest BCUT2D eigenvalue weighted by atomic mass is 10.1. The molecule has 1 aliphatic rings. The van der Waals surface area contributed by atoms with Gasteiger partial charge in [-0.15, -0.1) is 0 Å². The van der Waals surface area contributed by atoms with Crippen LogP contribution in [0.2, 0.25) is 0 Å². The summed E-state index contributed by atoms with van der Waals surface area (Å²) >= 11 is 0. The van der Waals surface area contributed by atoms with E-state index in [4.69, 9.17) is 4.74 Å². The zero-order valence-electron chi connectivity index (χ0n) is 10.7. The normalized spacial score (nSPS) is 19.1. The van der Waals surface area contributed by atoms with Crippen molar-refractivity contribution in [3.8, 4) is 0 Å². The molecule has 0 amide bonds. The third-order valence-corrected chi connectivity index (χ3v) is 3.39. The fourth-order valence-corrected chi connectivity index (χ4v) is 2.34. The summed E-state index contributed by atoms with van der Waals surface area (Å²) in [5.41, 5.74) is 1.41. The summed E-state index contributed by atoms with van der Waals surface area (Å²) in [6, 6.07) is 10.7.